The molecule has 1 rings (SSSR count). The number of methoxy groups -OCH3 is 1. The van der Waals surface area contributed by atoms with E-state index in [-0.39, 0.29) is 6.61 Å². The Hall–Kier alpha value is -2.20. The average molecular weight is 361 g/mol. The molecule has 10 nitrogen and oxygen atoms in total. The minimum Gasteiger partial charge on any atom is -0.463 e. The van der Waals surface area contributed by atoms with Crippen LogP contribution in [0.4, 0.5) is 0 Å². The lowest BCUT2D eigenvalue weighted by Crippen LogP contribution is -2.66. The van der Waals surface area contributed by atoms with Crippen molar-refractivity contribution in [3.05, 3.63) is 0 Å². The Bertz CT molecular complexity index is 521. The van der Waals surface area contributed by atoms with Crippen LogP contribution < -0.4 is 5.32 Å². The summed E-state index contributed by atoms with van der Waals surface area (Å²) in [6.45, 7) is 4.57. The summed E-state index contributed by atoms with van der Waals surface area (Å²) >= 11 is 0. The molecular formula is C15H23NO9. The third-order valence-corrected chi connectivity index (χ3v) is 3.30. The number of amides is 1. The van der Waals surface area contributed by atoms with E-state index >= 15 is 0 Å². The lowest BCUT2D eigenvalue weighted by Gasteiger charge is -2.44. The summed E-state index contributed by atoms with van der Waals surface area (Å²) in [5.41, 5.74) is 0. The zero-order valence-electron chi connectivity index (χ0n) is 14.8. The highest BCUT2D eigenvalue weighted by Crippen LogP contribution is 2.27. The fourth-order valence-electron chi connectivity index (χ4n) is 2.49. The highest BCUT2D eigenvalue weighted by Gasteiger charge is 2.50. The summed E-state index contributed by atoms with van der Waals surface area (Å²) in [6.07, 6.45) is -4.17. The van der Waals surface area contributed by atoms with Crippen LogP contribution in [0, 0.1) is 0 Å². The van der Waals surface area contributed by atoms with Gasteiger partial charge in [0.05, 0.1) is 0 Å². The predicted octanol–water partition coefficient (Wildman–Crippen LogP) is -0.711. The number of ether oxygens (including phenoxy) is 5. The summed E-state index contributed by atoms with van der Waals surface area (Å²) in [7, 11) is 1.33. The predicted molar refractivity (Wildman–Crippen MR) is 81.0 cm³/mol. The molecule has 5 atom stereocenters. The van der Waals surface area contributed by atoms with Crippen LogP contribution in [0.3, 0.4) is 0 Å². The van der Waals surface area contributed by atoms with Gasteiger partial charge in [0, 0.05) is 34.8 Å². The van der Waals surface area contributed by atoms with Crippen LogP contribution >= 0.6 is 0 Å². The Morgan fingerprint density at radius 3 is 1.92 bits per heavy atom. The molecule has 1 amide bonds. The Balaban J connectivity index is 3.18. The van der Waals surface area contributed by atoms with Crippen molar-refractivity contribution in [2.75, 3.05) is 13.7 Å². The average Bonchev–Trinajstić information content (AvgIpc) is 2.48. The summed E-state index contributed by atoms with van der Waals surface area (Å²) < 4.78 is 26.2. The Morgan fingerprint density at radius 1 is 0.920 bits per heavy atom. The number of esters is 3. The van der Waals surface area contributed by atoms with Gasteiger partial charge in [-0.05, 0) is 0 Å². The smallest absolute Gasteiger partial charge is 0.303 e. The number of hydrogen-bond donors (Lipinski definition) is 1. The summed E-state index contributed by atoms with van der Waals surface area (Å²) in [5.74, 6) is -2.29. The minimum absolute atomic E-state index is 0.252. The SMILES string of the molecule is CO[C@@H]1O[C@H](COC(C)=O)[C@H](OC(C)=O)[C@H](OC(C)=O)[C@H]1NC(C)=O. The first-order valence-electron chi connectivity index (χ1n) is 7.58. The van der Waals surface area contributed by atoms with Crippen LogP contribution in [0.1, 0.15) is 27.7 Å². The number of nitrogens with one attached hydrogen (secondary N) is 1. The number of carbonyl (C=O) groups excluding carboxylic acids is 4. The summed E-state index contributed by atoms with van der Waals surface area (Å²) in [4.78, 5) is 45.5. The molecule has 1 N–H and O–H groups in total. The van der Waals surface area contributed by atoms with Crippen molar-refractivity contribution in [3.63, 3.8) is 0 Å². The second-order valence-corrected chi connectivity index (χ2v) is 5.46. The van der Waals surface area contributed by atoms with Crippen LogP contribution in [0.2, 0.25) is 0 Å². The van der Waals surface area contributed by atoms with E-state index in [9.17, 15) is 19.2 Å². The van der Waals surface area contributed by atoms with Crippen molar-refractivity contribution in [1.82, 2.24) is 5.32 Å². The van der Waals surface area contributed by atoms with Crippen LogP contribution in [0.15, 0.2) is 0 Å². The number of rotatable bonds is 6. The molecule has 0 aromatic heterocycles. The van der Waals surface area contributed by atoms with E-state index in [1.165, 1.54) is 34.8 Å². The molecule has 0 saturated carbocycles. The molecule has 10 heteroatoms. The first kappa shape index (κ1) is 20.8. The maximum atomic E-state index is 11.5. The van der Waals surface area contributed by atoms with Crippen molar-refractivity contribution in [2.45, 2.75) is 58.3 Å². The topological polar surface area (TPSA) is 126 Å². The van der Waals surface area contributed by atoms with E-state index in [1.807, 2.05) is 0 Å². The molecule has 142 valence electrons. The summed E-state index contributed by atoms with van der Waals surface area (Å²) in [6, 6.07) is -0.927. The largest absolute Gasteiger partial charge is 0.463 e. The van der Waals surface area contributed by atoms with Gasteiger partial charge in [-0.15, -0.1) is 0 Å². The third kappa shape index (κ3) is 6.31. The molecule has 1 aliphatic rings. The highest BCUT2D eigenvalue weighted by atomic mass is 16.7. The van der Waals surface area contributed by atoms with Gasteiger partial charge < -0.3 is 29.0 Å². The van der Waals surface area contributed by atoms with Gasteiger partial charge in [-0.1, -0.05) is 0 Å². The van der Waals surface area contributed by atoms with Gasteiger partial charge in [-0.25, -0.2) is 0 Å². The van der Waals surface area contributed by atoms with Crippen molar-refractivity contribution in [3.8, 4) is 0 Å². The quantitative estimate of drug-likeness (QED) is 0.482. The van der Waals surface area contributed by atoms with Gasteiger partial charge in [-0.3, -0.25) is 19.2 Å². The Morgan fingerprint density at radius 2 is 1.48 bits per heavy atom. The second-order valence-electron chi connectivity index (χ2n) is 5.46. The van der Waals surface area contributed by atoms with E-state index in [4.69, 9.17) is 23.7 Å². The maximum Gasteiger partial charge on any atom is 0.303 e. The number of hydrogen-bond acceptors (Lipinski definition) is 9. The first-order valence-corrected chi connectivity index (χ1v) is 7.58. The Kier molecular flexibility index (Phi) is 7.78. The molecule has 1 fully saturated rings. The molecule has 0 bridgehead atoms. The Labute approximate surface area is 145 Å². The lowest BCUT2D eigenvalue weighted by molar-refractivity contribution is -0.271. The van der Waals surface area contributed by atoms with Crippen LogP contribution in [-0.2, 0) is 42.9 Å². The van der Waals surface area contributed by atoms with E-state index in [0.29, 0.717) is 0 Å². The standard InChI is InChI=1S/C15H23NO9/c1-7(17)16-12-14(24-10(4)20)13(23-9(3)19)11(6-22-8(2)18)25-15(12)21-5/h11-15H,6H2,1-5H3,(H,16,17)/t11-,12-,13+,14-,15-/m1/s1. The molecular weight excluding hydrogens is 338 g/mol. The van der Waals surface area contributed by atoms with Crippen molar-refractivity contribution in [1.29, 1.82) is 0 Å². The zero-order chi connectivity index (χ0) is 19.1. The van der Waals surface area contributed by atoms with Crippen LogP contribution in [-0.4, -0.2) is 68.2 Å². The lowest BCUT2D eigenvalue weighted by atomic mass is 9.96. The molecule has 1 aliphatic heterocycles. The molecule has 1 saturated heterocycles. The van der Waals surface area contributed by atoms with Gasteiger partial charge in [0.25, 0.3) is 0 Å². The molecule has 0 radical (unpaired) electrons. The van der Waals surface area contributed by atoms with E-state index in [0.717, 1.165) is 0 Å². The van der Waals surface area contributed by atoms with Crippen LogP contribution in [0.5, 0.6) is 0 Å². The van der Waals surface area contributed by atoms with E-state index in [1.54, 1.807) is 0 Å². The molecule has 0 spiro atoms. The van der Waals surface area contributed by atoms with Gasteiger partial charge in [0.2, 0.25) is 5.91 Å². The monoisotopic (exact) mass is 361 g/mol. The second kappa shape index (κ2) is 9.33. The van der Waals surface area contributed by atoms with Gasteiger partial charge >= 0.3 is 17.9 Å². The van der Waals surface area contributed by atoms with Gasteiger partial charge in [0.15, 0.2) is 18.5 Å². The zero-order valence-corrected chi connectivity index (χ0v) is 14.8. The van der Waals surface area contributed by atoms with Gasteiger partial charge in [-0.2, -0.15) is 0 Å². The van der Waals surface area contributed by atoms with Crippen molar-refractivity contribution >= 4 is 23.8 Å². The highest BCUT2D eigenvalue weighted by molar-refractivity contribution is 5.73. The molecule has 0 unspecified atom stereocenters. The van der Waals surface area contributed by atoms with E-state index in [2.05, 4.69) is 5.32 Å². The maximum absolute atomic E-state index is 11.5. The fourth-order valence-corrected chi connectivity index (χ4v) is 2.49. The van der Waals surface area contributed by atoms with E-state index < -0.39 is 54.5 Å². The van der Waals surface area contributed by atoms with Crippen molar-refractivity contribution < 1.29 is 42.9 Å². The third-order valence-electron chi connectivity index (χ3n) is 3.30. The molecule has 1 heterocycles. The van der Waals surface area contributed by atoms with Crippen LogP contribution in [0.25, 0.3) is 0 Å². The molecule has 0 aliphatic carbocycles. The normalized spacial score (nSPS) is 28.6. The first-order chi connectivity index (χ1) is 11.6. The fraction of sp³-hybridized carbons (Fsp3) is 0.733. The summed E-state index contributed by atoms with van der Waals surface area (Å²) in [5, 5.41) is 2.56. The molecule has 0 aromatic rings. The van der Waals surface area contributed by atoms with Gasteiger partial charge in [0.1, 0.15) is 18.8 Å². The van der Waals surface area contributed by atoms with Crippen molar-refractivity contribution in [2.24, 2.45) is 0 Å². The molecule has 0 aromatic carbocycles. The number of carbonyl (C=O) groups is 4. The minimum atomic E-state index is -1.11. The molecule has 25 heavy (non-hydrogen) atoms.